The molecule has 0 unspecified atom stereocenters. The minimum Gasteiger partial charge on any atom is -0.398 e. The van der Waals surface area contributed by atoms with Crippen molar-refractivity contribution in [2.45, 2.75) is 32.9 Å². The van der Waals surface area contributed by atoms with Crippen LogP contribution in [0.1, 0.15) is 28.1 Å². The van der Waals surface area contributed by atoms with Crippen molar-refractivity contribution in [1.82, 2.24) is 19.8 Å². The maximum Gasteiger partial charge on any atom is 0.0726 e. The van der Waals surface area contributed by atoms with Crippen LogP contribution >= 0.6 is 0 Å². The second kappa shape index (κ2) is 8.49. The van der Waals surface area contributed by atoms with E-state index in [1.54, 1.807) is 0 Å². The van der Waals surface area contributed by atoms with Crippen LogP contribution in [0.25, 0.3) is 21.8 Å². The first-order valence-electron chi connectivity index (χ1n) is 11.4. The van der Waals surface area contributed by atoms with Gasteiger partial charge in [-0.05, 0) is 44.3 Å². The number of rotatable bonds is 0. The van der Waals surface area contributed by atoms with Gasteiger partial charge < -0.3 is 15.5 Å². The first-order chi connectivity index (χ1) is 15.5. The van der Waals surface area contributed by atoms with E-state index in [0.717, 1.165) is 61.1 Å². The summed E-state index contributed by atoms with van der Waals surface area (Å²) < 4.78 is 0. The van der Waals surface area contributed by atoms with E-state index >= 15 is 0 Å². The standard InChI is InChI=1S/C14H16N2.C13H15N3/c1-10-11-5-3-4-6-13(11)15-14-7-8-16(2)9-12(10)14;1-16-7-6-12-10(8-16)13(14)9-4-2-3-5-11(9)15-12/h3-6H,7-9H2,1-2H3;2-5H,6-8H2,1H3,(H2,14,15). The largest absolute Gasteiger partial charge is 0.398 e. The second-order valence-electron chi connectivity index (χ2n) is 9.12. The number of hydrogen-bond donors (Lipinski definition) is 1. The highest BCUT2D eigenvalue weighted by Crippen LogP contribution is 2.29. The molecule has 2 aromatic heterocycles. The van der Waals surface area contributed by atoms with Crippen molar-refractivity contribution < 1.29 is 0 Å². The molecule has 0 aliphatic carbocycles. The average molecular weight is 426 g/mol. The van der Waals surface area contributed by atoms with Gasteiger partial charge in [-0.3, -0.25) is 9.97 Å². The SMILES string of the molecule is CN1CCc2nc3ccccc3c(N)c2C1.Cc1c2c(nc3ccccc13)CCN(C)C2. The summed E-state index contributed by atoms with van der Waals surface area (Å²) in [6.45, 7) is 6.37. The molecular formula is C27H31N5. The number of anilines is 1. The molecule has 5 nitrogen and oxygen atoms in total. The minimum absolute atomic E-state index is 0.909. The van der Waals surface area contributed by atoms with E-state index in [9.17, 15) is 0 Å². The summed E-state index contributed by atoms with van der Waals surface area (Å²) in [6.07, 6.45) is 2.08. The van der Waals surface area contributed by atoms with E-state index in [-0.39, 0.29) is 0 Å². The number of aromatic nitrogens is 2. The van der Waals surface area contributed by atoms with E-state index in [4.69, 9.17) is 15.7 Å². The Morgan fingerprint density at radius 3 is 1.88 bits per heavy atom. The van der Waals surface area contributed by atoms with Crippen LogP contribution in [0.3, 0.4) is 0 Å². The number of nitrogens with two attached hydrogens (primary N) is 1. The van der Waals surface area contributed by atoms with Crippen molar-refractivity contribution in [2.24, 2.45) is 0 Å². The van der Waals surface area contributed by atoms with E-state index in [1.165, 1.54) is 33.5 Å². The molecule has 4 aromatic rings. The molecule has 2 aliphatic rings. The lowest BCUT2D eigenvalue weighted by atomic mass is 9.97. The molecule has 0 bridgehead atoms. The van der Waals surface area contributed by atoms with Gasteiger partial charge in [0.2, 0.25) is 0 Å². The fourth-order valence-corrected chi connectivity index (χ4v) is 4.90. The third-order valence-electron chi connectivity index (χ3n) is 6.80. The molecule has 6 rings (SSSR count). The number of nitrogen functional groups attached to an aromatic ring is 1. The van der Waals surface area contributed by atoms with Crippen LogP contribution < -0.4 is 5.73 Å². The second-order valence-corrected chi connectivity index (χ2v) is 9.12. The highest BCUT2D eigenvalue weighted by Gasteiger charge is 2.19. The number of aryl methyl sites for hydroxylation is 1. The Labute approximate surface area is 189 Å². The van der Waals surface area contributed by atoms with Crippen LogP contribution in [0, 0.1) is 6.92 Å². The first kappa shape index (κ1) is 20.9. The molecule has 4 heterocycles. The smallest absolute Gasteiger partial charge is 0.0726 e. The number of para-hydroxylation sites is 2. The Balaban J connectivity index is 0.000000135. The number of pyridine rings is 2. The zero-order valence-corrected chi connectivity index (χ0v) is 19.2. The lowest BCUT2D eigenvalue weighted by Crippen LogP contribution is -2.28. The van der Waals surface area contributed by atoms with E-state index < -0.39 is 0 Å². The lowest BCUT2D eigenvalue weighted by Gasteiger charge is -2.26. The molecule has 164 valence electrons. The van der Waals surface area contributed by atoms with E-state index in [1.807, 2.05) is 24.3 Å². The van der Waals surface area contributed by atoms with Crippen molar-refractivity contribution in [1.29, 1.82) is 0 Å². The number of likely N-dealkylation sites (N-methyl/N-ethyl adjacent to an activating group) is 2. The zero-order valence-electron chi connectivity index (χ0n) is 19.2. The molecule has 0 amide bonds. The summed E-state index contributed by atoms with van der Waals surface area (Å²) >= 11 is 0. The average Bonchev–Trinajstić information content (AvgIpc) is 2.81. The van der Waals surface area contributed by atoms with Crippen LogP contribution in [0.15, 0.2) is 48.5 Å². The molecule has 5 heteroatoms. The van der Waals surface area contributed by atoms with Crippen molar-refractivity contribution in [3.63, 3.8) is 0 Å². The van der Waals surface area contributed by atoms with Crippen LogP contribution in [-0.2, 0) is 25.9 Å². The number of nitrogens with zero attached hydrogens (tertiary/aromatic N) is 4. The van der Waals surface area contributed by atoms with Crippen molar-refractivity contribution >= 4 is 27.5 Å². The molecule has 0 radical (unpaired) electrons. The summed E-state index contributed by atoms with van der Waals surface area (Å²) in [6, 6.07) is 16.5. The Hall–Kier alpha value is -3.02. The fraction of sp³-hybridized carbons (Fsp3) is 0.333. The normalized spacial score (nSPS) is 16.3. The predicted molar refractivity (Wildman–Crippen MR) is 133 cm³/mol. The van der Waals surface area contributed by atoms with Gasteiger partial charge >= 0.3 is 0 Å². The molecular weight excluding hydrogens is 394 g/mol. The fourth-order valence-electron chi connectivity index (χ4n) is 4.90. The predicted octanol–water partition coefficient (Wildman–Crippen LogP) is 4.34. The quantitative estimate of drug-likeness (QED) is 0.454. The summed E-state index contributed by atoms with van der Waals surface area (Å²) in [5.41, 5.74) is 15.8. The zero-order chi connectivity index (χ0) is 22.2. The Morgan fingerprint density at radius 2 is 1.22 bits per heavy atom. The summed E-state index contributed by atoms with van der Waals surface area (Å²) in [7, 11) is 4.30. The van der Waals surface area contributed by atoms with Gasteiger partial charge in [-0.15, -0.1) is 0 Å². The van der Waals surface area contributed by atoms with Crippen LogP contribution in [-0.4, -0.2) is 47.0 Å². The topological polar surface area (TPSA) is 58.3 Å². The maximum absolute atomic E-state index is 6.24. The molecule has 2 aliphatic heterocycles. The number of benzene rings is 2. The summed E-state index contributed by atoms with van der Waals surface area (Å²) in [5, 5.41) is 2.38. The van der Waals surface area contributed by atoms with Crippen molar-refractivity contribution in [3.8, 4) is 0 Å². The molecule has 0 spiro atoms. The Morgan fingerprint density at radius 1 is 0.719 bits per heavy atom. The Kier molecular flexibility index (Phi) is 5.53. The van der Waals surface area contributed by atoms with E-state index in [0.29, 0.717) is 0 Å². The molecule has 2 aromatic carbocycles. The molecule has 0 saturated heterocycles. The number of hydrogen-bond acceptors (Lipinski definition) is 5. The van der Waals surface area contributed by atoms with E-state index in [2.05, 4.69) is 55.1 Å². The third kappa shape index (κ3) is 3.83. The lowest BCUT2D eigenvalue weighted by molar-refractivity contribution is 0.309. The third-order valence-corrected chi connectivity index (χ3v) is 6.80. The number of fused-ring (bicyclic) bond motifs is 4. The van der Waals surface area contributed by atoms with Gasteiger partial charge in [0.05, 0.1) is 11.0 Å². The molecule has 0 saturated carbocycles. The highest BCUT2D eigenvalue weighted by molar-refractivity contribution is 5.92. The van der Waals surface area contributed by atoms with Gasteiger partial charge in [-0.1, -0.05) is 36.4 Å². The van der Waals surface area contributed by atoms with Crippen LogP contribution in [0.2, 0.25) is 0 Å². The van der Waals surface area contributed by atoms with Gasteiger partial charge in [0.25, 0.3) is 0 Å². The summed E-state index contributed by atoms with van der Waals surface area (Å²) in [4.78, 5) is 14.1. The van der Waals surface area contributed by atoms with Gasteiger partial charge in [0.15, 0.2) is 0 Å². The molecule has 2 N–H and O–H groups in total. The summed E-state index contributed by atoms with van der Waals surface area (Å²) in [5.74, 6) is 0. The van der Waals surface area contributed by atoms with Gasteiger partial charge in [-0.2, -0.15) is 0 Å². The molecule has 0 atom stereocenters. The van der Waals surface area contributed by atoms with Crippen molar-refractivity contribution in [2.75, 3.05) is 32.9 Å². The van der Waals surface area contributed by atoms with Crippen LogP contribution in [0.5, 0.6) is 0 Å². The monoisotopic (exact) mass is 425 g/mol. The van der Waals surface area contributed by atoms with Crippen LogP contribution in [0.4, 0.5) is 5.69 Å². The van der Waals surface area contributed by atoms with Gasteiger partial charge in [0, 0.05) is 72.4 Å². The van der Waals surface area contributed by atoms with Crippen molar-refractivity contribution in [3.05, 3.63) is 76.6 Å². The first-order valence-corrected chi connectivity index (χ1v) is 11.4. The molecule has 0 fully saturated rings. The minimum atomic E-state index is 0.909. The maximum atomic E-state index is 6.24. The van der Waals surface area contributed by atoms with Gasteiger partial charge in [0.1, 0.15) is 0 Å². The highest BCUT2D eigenvalue weighted by atomic mass is 15.1. The molecule has 32 heavy (non-hydrogen) atoms. The van der Waals surface area contributed by atoms with Gasteiger partial charge in [-0.25, -0.2) is 0 Å². The Bertz CT molecular complexity index is 1200.